The second-order valence-electron chi connectivity index (χ2n) is 10.8. The van der Waals surface area contributed by atoms with Crippen molar-refractivity contribution in [1.82, 2.24) is 10.2 Å². The summed E-state index contributed by atoms with van der Waals surface area (Å²) in [4.78, 5) is 29.1. The molecule has 0 heterocycles. The number of amides is 2. The number of sulfonamides is 1. The molecule has 3 aromatic rings. The van der Waals surface area contributed by atoms with E-state index in [-0.39, 0.29) is 23.4 Å². The van der Waals surface area contributed by atoms with Crippen LogP contribution in [0.4, 0.5) is 10.1 Å². The van der Waals surface area contributed by atoms with Crippen LogP contribution in [0.25, 0.3) is 0 Å². The van der Waals surface area contributed by atoms with Crippen molar-refractivity contribution in [2.45, 2.75) is 76.4 Å². The number of aryl methyl sites for hydroxylation is 2. The van der Waals surface area contributed by atoms with E-state index in [1.165, 1.54) is 29.2 Å². The Morgan fingerprint density at radius 1 is 1.00 bits per heavy atom. The lowest BCUT2D eigenvalue weighted by Gasteiger charge is -2.34. The molecule has 3 aromatic carbocycles. The highest BCUT2D eigenvalue weighted by Gasteiger charge is 2.35. The molecule has 0 aromatic heterocycles. The van der Waals surface area contributed by atoms with Gasteiger partial charge in [-0.05, 0) is 86.7 Å². The van der Waals surface area contributed by atoms with Gasteiger partial charge >= 0.3 is 0 Å². The summed E-state index contributed by atoms with van der Waals surface area (Å²) in [6.07, 6.45) is 4.15. The summed E-state index contributed by atoms with van der Waals surface area (Å²) in [5.74, 6) is -1.26. The van der Waals surface area contributed by atoms with Gasteiger partial charge in [0.1, 0.15) is 18.4 Å². The number of nitrogens with zero attached hydrogens (tertiary/aromatic N) is 2. The maximum Gasteiger partial charge on any atom is 0.264 e. The van der Waals surface area contributed by atoms with Crippen LogP contribution in [0.3, 0.4) is 0 Å². The van der Waals surface area contributed by atoms with Gasteiger partial charge in [0.25, 0.3) is 10.0 Å². The summed E-state index contributed by atoms with van der Waals surface area (Å²) >= 11 is 6.18. The van der Waals surface area contributed by atoms with Gasteiger partial charge < -0.3 is 10.2 Å². The molecule has 4 rings (SSSR count). The average Bonchev–Trinajstić information content (AvgIpc) is 3.46. The lowest BCUT2D eigenvalue weighted by molar-refractivity contribution is -0.140. The number of hydrogen-bond acceptors (Lipinski definition) is 4. The smallest absolute Gasteiger partial charge is 0.264 e. The summed E-state index contributed by atoms with van der Waals surface area (Å²) in [6, 6.07) is 16.1. The first-order valence-corrected chi connectivity index (χ1v) is 16.0. The Kier molecular flexibility index (Phi) is 10.3. The maximum absolute atomic E-state index is 14.2. The molecule has 1 aliphatic carbocycles. The normalized spacial score (nSPS) is 14.4. The third kappa shape index (κ3) is 7.50. The highest BCUT2D eigenvalue weighted by Crippen LogP contribution is 2.30. The summed E-state index contributed by atoms with van der Waals surface area (Å²) in [6.45, 7) is 4.86. The van der Waals surface area contributed by atoms with Gasteiger partial charge in [0.15, 0.2) is 0 Å². The van der Waals surface area contributed by atoms with Crippen molar-refractivity contribution in [3.8, 4) is 0 Å². The lowest BCUT2D eigenvalue weighted by Crippen LogP contribution is -2.53. The highest BCUT2D eigenvalue weighted by atomic mass is 35.5. The fourth-order valence-corrected chi connectivity index (χ4v) is 7.03. The van der Waals surface area contributed by atoms with E-state index in [1.54, 1.807) is 49.4 Å². The zero-order chi connectivity index (χ0) is 30.4. The van der Waals surface area contributed by atoms with E-state index in [1.807, 2.05) is 13.8 Å². The molecule has 1 fully saturated rings. The molecule has 0 aliphatic heterocycles. The van der Waals surface area contributed by atoms with Gasteiger partial charge in [0.05, 0.1) is 10.6 Å². The third-order valence-corrected chi connectivity index (χ3v) is 9.68. The quantitative estimate of drug-likeness (QED) is 0.281. The minimum Gasteiger partial charge on any atom is -0.352 e. The van der Waals surface area contributed by atoms with Crippen molar-refractivity contribution in [3.63, 3.8) is 0 Å². The minimum absolute atomic E-state index is 0.00766. The van der Waals surface area contributed by atoms with Crippen molar-refractivity contribution in [2.75, 3.05) is 10.8 Å². The van der Waals surface area contributed by atoms with E-state index in [9.17, 15) is 22.4 Å². The van der Waals surface area contributed by atoms with Crippen LogP contribution in [0.5, 0.6) is 0 Å². The summed E-state index contributed by atoms with van der Waals surface area (Å²) in [5, 5.41) is 3.52. The maximum atomic E-state index is 14.2. The van der Waals surface area contributed by atoms with Crippen molar-refractivity contribution in [3.05, 3.63) is 94.3 Å². The summed E-state index contributed by atoms with van der Waals surface area (Å²) in [5.41, 5.74) is 2.39. The molecule has 0 radical (unpaired) electrons. The number of hydrogen-bond donors (Lipinski definition) is 1. The Morgan fingerprint density at radius 3 is 2.24 bits per heavy atom. The van der Waals surface area contributed by atoms with Gasteiger partial charge in [-0.1, -0.05) is 61.2 Å². The van der Waals surface area contributed by atoms with Gasteiger partial charge in [-0.3, -0.25) is 13.9 Å². The number of rotatable bonds is 11. The van der Waals surface area contributed by atoms with Crippen molar-refractivity contribution >= 4 is 39.1 Å². The molecule has 1 saturated carbocycles. The highest BCUT2D eigenvalue weighted by molar-refractivity contribution is 7.92. The van der Waals surface area contributed by atoms with Gasteiger partial charge in [-0.25, -0.2) is 12.8 Å². The number of carbonyl (C=O) groups is 2. The van der Waals surface area contributed by atoms with Crippen LogP contribution in [-0.4, -0.2) is 43.8 Å². The fourth-order valence-electron chi connectivity index (χ4n) is 5.32. The second-order valence-corrected chi connectivity index (χ2v) is 13.1. The summed E-state index contributed by atoms with van der Waals surface area (Å²) in [7, 11) is -4.19. The Bertz CT molecular complexity index is 1510. The number of benzene rings is 3. The average molecular weight is 614 g/mol. The van der Waals surface area contributed by atoms with Crippen LogP contribution >= 0.6 is 11.6 Å². The Hall–Kier alpha value is -3.43. The van der Waals surface area contributed by atoms with Crippen LogP contribution in [0.15, 0.2) is 71.6 Å². The third-order valence-electron chi connectivity index (χ3n) is 7.67. The first kappa shape index (κ1) is 31.5. The number of carbonyl (C=O) groups excluding carboxylic acids is 2. The molecule has 0 bridgehead atoms. The monoisotopic (exact) mass is 613 g/mol. The predicted molar refractivity (Wildman–Crippen MR) is 163 cm³/mol. The van der Waals surface area contributed by atoms with Crippen LogP contribution in [-0.2, 0) is 26.2 Å². The van der Waals surface area contributed by atoms with E-state index in [0.29, 0.717) is 28.3 Å². The van der Waals surface area contributed by atoms with Crippen LogP contribution in [0, 0.1) is 19.7 Å². The SMILES string of the molecule is CC[C@@H](C(=O)NC1CCCC1)N(Cc1ccc(F)cc1)C(=O)CN(c1ccc(Cl)cc1C)S(=O)(=O)c1ccc(C)cc1. The first-order chi connectivity index (χ1) is 20.0. The Labute approximate surface area is 252 Å². The molecule has 7 nitrogen and oxygen atoms in total. The Balaban J connectivity index is 1.73. The van der Waals surface area contributed by atoms with E-state index < -0.39 is 34.3 Å². The van der Waals surface area contributed by atoms with Crippen LogP contribution < -0.4 is 9.62 Å². The molecular weight excluding hydrogens is 577 g/mol. The van der Waals surface area contributed by atoms with Gasteiger partial charge in [0, 0.05) is 17.6 Å². The topological polar surface area (TPSA) is 86.8 Å². The molecule has 224 valence electrons. The molecule has 1 aliphatic rings. The number of halogens is 2. The molecule has 1 N–H and O–H groups in total. The van der Waals surface area contributed by atoms with E-state index in [2.05, 4.69) is 5.32 Å². The molecule has 10 heteroatoms. The zero-order valence-corrected chi connectivity index (χ0v) is 25.7. The largest absolute Gasteiger partial charge is 0.352 e. The zero-order valence-electron chi connectivity index (χ0n) is 24.1. The van der Waals surface area contributed by atoms with Crippen LogP contribution in [0.1, 0.15) is 55.7 Å². The Morgan fingerprint density at radius 2 is 1.64 bits per heavy atom. The molecular formula is C32H37ClFN3O4S. The second kappa shape index (κ2) is 13.7. The van der Waals surface area contributed by atoms with Gasteiger partial charge in [0.2, 0.25) is 11.8 Å². The van der Waals surface area contributed by atoms with Gasteiger partial charge in [-0.2, -0.15) is 0 Å². The van der Waals surface area contributed by atoms with Crippen molar-refractivity contribution < 1.29 is 22.4 Å². The fraction of sp³-hybridized carbons (Fsp3) is 0.375. The molecule has 0 saturated heterocycles. The molecule has 42 heavy (non-hydrogen) atoms. The molecule has 2 amide bonds. The van der Waals surface area contributed by atoms with Crippen molar-refractivity contribution in [1.29, 1.82) is 0 Å². The standard InChI is InChI=1S/C32H37ClFN3O4S/c1-4-29(32(39)35-27-7-5-6-8-27)36(20-24-11-14-26(34)15-12-24)31(38)21-37(30-18-13-25(33)19-23(30)3)42(40,41)28-16-9-22(2)10-17-28/h9-19,27,29H,4-8,20-21H2,1-3H3,(H,35,39)/t29-/m0/s1. The predicted octanol–water partition coefficient (Wildman–Crippen LogP) is 6.16. The minimum atomic E-state index is -4.19. The van der Waals surface area contributed by atoms with E-state index in [0.717, 1.165) is 35.6 Å². The van der Waals surface area contributed by atoms with Crippen molar-refractivity contribution in [2.24, 2.45) is 0 Å². The first-order valence-electron chi connectivity index (χ1n) is 14.2. The van der Waals surface area contributed by atoms with Crippen LogP contribution in [0.2, 0.25) is 5.02 Å². The molecule has 1 atom stereocenters. The number of anilines is 1. The summed E-state index contributed by atoms with van der Waals surface area (Å²) < 4.78 is 42.8. The van der Waals surface area contributed by atoms with E-state index >= 15 is 0 Å². The molecule has 0 unspecified atom stereocenters. The molecule has 0 spiro atoms. The van der Waals surface area contributed by atoms with E-state index in [4.69, 9.17) is 11.6 Å². The number of nitrogens with one attached hydrogen (secondary N) is 1. The lowest BCUT2D eigenvalue weighted by atomic mass is 10.1. The van der Waals surface area contributed by atoms with Gasteiger partial charge in [-0.15, -0.1) is 0 Å².